The quantitative estimate of drug-likeness (QED) is 0.384. The Morgan fingerprint density at radius 3 is 2.48 bits per heavy atom. The molecule has 0 N–H and O–H groups in total. The summed E-state index contributed by atoms with van der Waals surface area (Å²) < 4.78 is 13.2. The van der Waals surface area contributed by atoms with E-state index in [1.165, 1.54) is 11.8 Å². The van der Waals surface area contributed by atoms with Crippen LogP contribution in [0.1, 0.15) is 45.8 Å². The lowest BCUT2D eigenvalue weighted by Gasteiger charge is -2.17. The van der Waals surface area contributed by atoms with Crippen LogP contribution in [0.25, 0.3) is 11.5 Å². The van der Waals surface area contributed by atoms with Crippen molar-refractivity contribution in [3.05, 3.63) is 52.3 Å². The summed E-state index contributed by atoms with van der Waals surface area (Å²) in [5.74, 6) is 0.765. The molecule has 0 aliphatic heterocycles. The van der Waals surface area contributed by atoms with Gasteiger partial charge in [-0.15, -0.1) is 10.2 Å². The number of hydrogen-bond donors (Lipinski definition) is 0. The van der Waals surface area contributed by atoms with Gasteiger partial charge in [0.2, 0.25) is 5.89 Å². The van der Waals surface area contributed by atoms with Crippen molar-refractivity contribution in [2.24, 2.45) is 0 Å². The van der Waals surface area contributed by atoms with E-state index in [1.54, 1.807) is 7.11 Å². The summed E-state index contributed by atoms with van der Waals surface area (Å²) in [4.78, 5) is 12.8. The Kier molecular flexibility index (Phi) is 6.59. The normalized spacial score (nSPS) is 12.3. The molecule has 0 aliphatic rings. The van der Waals surface area contributed by atoms with Gasteiger partial charge in [0.25, 0.3) is 5.22 Å². The van der Waals surface area contributed by atoms with Crippen LogP contribution in [-0.2, 0) is 4.74 Å². The number of benzene rings is 1. The second-order valence-corrected chi connectivity index (χ2v) is 8.35. The molecule has 0 fully saturated rings. The highest BCUT2D eigenvalue weighted by Gasteiger charge is 2.20. The molecule has 0 radical (unpaired) electrons. The van der Waals surface area contributed by atoms with Crippen molar-refractivity contribution in [1.82, 2.24) is 14.8 Å². The minimum Gasteiger partial charge on any atom is -0.411 e. The van der Waals surface area contributed by atoms with E-state index in [0.29, 0.717) is 17.7 Å². The predicted octanol–water partition coefficient (Wildman–Crippen LogP) is 4.95. The van der Waals surface area contributed by atoms with Crippen molar-refractivity contribution in [3.8, 4) is 11.5 Å². The lowest BCUT2D eigenvalue weighted by Crippen LogP contribution is -2.14. The molecule has 3 rings (SSSR count). The summed E-state index contributed by atoms with van der Waals surface area (Å²) in [5, 5.41) is 8.62. The van der Waals surface area contributed by atoms with E-state index in [9.17, 15) is 4.79 Å². The molecule has 7 heteroatoms. The molecule has 0 saturated heterocycles. The van der Waals surface area contributed by atoms with E-state index in [4.69, 9.17) is 9.15 Å². The number of ether oxygens (including phenoxy) is 1. The van der Waals surface area contributed by atoms with Crippen LogP contribution in [0, 0.1) is 27.7 Å². The zero-order valence-corrected chi connectivity index (χ0v) is 18.6. The fourth-order valence-electron chi connectivity index (χ4n) is 3.74. The number of nitrogens with zero attached hydrogens (tertiary/aromatic N) is 3. The number of carbonyl (C=O) groups excluding carboxylic acids is 1. The minimum atomic E-state index is 0.0464. The van der Waals surface area contributed by atoms with Crippen molar-refractivity contribution in [2.75, 3.05) is 19.5 Å². The van der Waals surface area contributed by atoms with E-state index in [2.05, 4.69) is 27.8 Å². The minimum absolute atomic E-state index is 0.0464. The average Bonchev–Trinajstić information content (AvgIpc) is 3.23. The molecular weight excluding hydrogens is 386 g/mol. The Bertz CT molecular complexity index is 1000. The van der Waals surface area contributed by atoms with Crippen LogP contribution in [0.2, 0.25) is 0 Å². The molecule has 29 heavy (non-hydrogen) atoms. The van der Waals surface area contributed by atoms with Gasteiger partial charge in [-0.05, 0) is 52.8 Å². The third kappa shape index (κ3) is 4.79. The van der Waals surface area contributed by atoms with Crippen LogP contribution < -0.4 is 0 Å². The third-order valence-corrected chi connectivity index (χ3v) is 5.65. The highest BCUT2D eigenvalue weighted by molar-refractivity contribution is 7.99. The summed E-state index contributed by atoms with van der Waals surface area (Å²) in [6, 6.07) is 8.23. The van der Waals surface area contributed by atoms with Crippen molar-refractivity contribution in [2.45, 2.75) is 45.9 Å². The molecule has 0 amide bonds. The Labute approximate surface area is 175 Å². The molecule has 2 aromatic heterocycles. The van der Waals surface area contributed by atoms with Crippen LogP contribution >= 0.6 is 11.8 Å². The van der Waals surface area contributed by atoms with Crippen LogP contribution in [0.5, 0.6) is 0 Å². The number of hydrogen-bond acceptors (Lipinski definition) is 6. The molecule has 0 spiro atoms. The summed E-state index contributed by atoms with van der Waals surface area (Å²) in [5.41, 5.74) is 5.91. The number of thioether (sulfide) groups is 1. The summed E-state index contributed by atoms with van der Waals surface area (Å²) in [7, 11) is 1.68. The first-order valence-corrected chi connectivity index (χ1v) is 10.5. The zero-order chi connectivity index (χ0) is 21.1. The Balaban J connectivity index is 1.70. The third-order valence-electron chi connectivity index (χ3n) is 4.84. The second kappa shape index (κ2) is 8.97. The topological polar surface area (TPSA) is 70.2 Å². The molecule has 2 heterocycles. The molecule has 6 nitrogen and oxygen atoms in total. The number of aromatic nitrogens is 3. The van der Waals surface area contributed by atoms with Crippen LogP contribution in [0.4, 0.5) is 0 Å². The molecular formula is C22H27N3O3S. The van der Waals surface area contributed by atoms with Gasteiger partial charge in [0.05, 0.1) is 18.4 Å². The van der Waals surface area contributed by atoms with Gasteiger partial charge in [-0.25, -0.2) is 0 Å². The van der Waals surface area contributed by atoms with Crippen LogP contribution in [-0.4, -0.2) is 40.0 Å². The van der Waals surface area contributed by atoms with Gasteiger partial charge in [-0.2, -0.15) is 0 Å². The average molecular weight is 414 g/mol. The fraction of sp³-hybridized carbons (Fsp3) is 0.409. The van der Waals surface area contributed by atoms with Gasteiger partial charge in [-0.3, -0.25) is 4.79 Å². The van der Waals surface area contributed by atoms with Crippen molar-refractivity contribution >= 4 is 17.5 Å². The number of carbonyl (C=O) groups is 1. The fourth-order valence-corrected chi connectivity index (χ4v) is 4.39. The van der Waals surface area contributed by atoms with E-state index >= 15 is 0 Å². The van der Waals surface area contributed by atoms with Crippen LogP contribution in [0.3, 0.4) is 0 Å². The van der Waals surface area contributed by atoms with Gasteiger partial charge in [-0.1, -0.05) is 29.0 Å². The first kappa shape index (κ1) is 21.3. The Hall–Kier alpha value is -2.38. The lowest BCUT2D eigenvalue weighted by molar-refractivity contribution is 0.102. The smallest absolute Gasteiger partial charge is 0.277 e. The van der Waals surface area contributed by atoms with Gasteiger partial charge >= 0.3 is 0 Å². The summed E-state index contributed by atoms with van der Waals surface area (Å²) in [6.07, 6.45) is 0. The first-order chi connectivity index (χ1) is 13.8. The summed E-state index contributed by atoms with van der Waals surface area (Å²) in [6.45, 7) is 10.7. The lowest BCUT2D eigenvalue weighted by atomic mass is 10.1. The number of Topliss-reactive ketones (excluding diaryl/α,β-unsaturated/α-hetero) is 1. The maximum absolute atomic E-state index is 12.8. The van der Waals surface area contributed by atoms with Gasteiger partial charge in [0.1, 0.15) is 0 Å². The molecule has 1 atom stereocenters. The van der Waals surface area contributed by atoms with Crippen molar-refractivity contribution in [1.29, 1.82) is 0 Å². The maximum Gasteiger partial charge on any atom is 0.277 e. The SMILES string of the molecule is COC[C@H](C)n1c(C)cc(C(=O)CSc2nnc(-c3cc(C)cc(C)c3)o2)c1C. The molecule has 0 unspecified atom stereocenters. The molecule has 3 aromatic rings. The Morgan fingerprint density at radius 2 is 1.83 bits per heavy atom. The highest BCUT2D eigenvalue weighted by atomic mass is 32.2. The summed E-state index contributed by atoms with van der Waals surface area (Å²) >= 11 is 1.27. The second-order valence-electron chi connectivity index (χ2n) is 7.42. The van der Waals surface area contributed by atoms with E-state index < -0.39 is 0 Å². The monoisotopic (exact) mass is 413 g/mol. The van der Waals surface area contributed by atoms with Gasteiger partial charge in [0.15, 0.2) is 5.78 Å². The standard InChI is InChI=1S/C22H27N3O3S/c1-13-7-14(2)9-18(8-13)21-23-24-22(28-21)29-12-20(26)19-10-15(3)25(17(19)5)16(4)11-27-6/h7-10,16H,11-12H2,1-6H3/t16-/m0/s1. The molecule has 0 saturated carbocycles. The molecule has 154 valence electrons. The van der Waals surface area contributed by atoms with E-state index in [0.717, 1.165) is 33.6 Å². The largest absolute Gasteiger partial charge is 0.411 e. The maximum atomic E-state index is 12.8. The molecule has 0 bridgehead atoms. The number of methoxy groups -OCH3 is 1. The predicted molar refractivity (Wildman–Crippen MR) is 115 cm³/mol. The number of rotatable bonds is 8. The van der Waals surface area contributed by atoms with Gasteiger partial charge < -0.3 is 13.7 Å². The molecule has 1 aromatic carbocycles. The number of ketones is 1. The molecule has 0 aliphatic carbocycles. The van der Waals surface area contributed by atoms with Gasteiger partial charge in [0, 0.05) is 29.6 Å². The van der Waals surface area contributed by atoms with Crippen molar-refractivity contribution < 1.29 is 13.9 Å². The highest BCUT2D eigenvalue weighted by Crippen LogP contribution is 2.27. The first-order valence-electron chi connectivity index (χ1n) is 9.55. The van der Waals surface area contributed by atoms with Crippen molar-refractivity contribution in [3.63, 3.8) is 0 Å². The van der Waals surface area contributed by atoms with Crippen LogP contribution in [0.15, 0.2) is 33.9 Å². The Morgan fingerprint density at radius 1 is 1.14 bits per heavy atom. The number of aryl methyl sites for hydroxylation is 3. The van der Waals surface area contributed by atoms with E-state index in [1.807, 2.05) is 45.9 Å². The zero-order valence-electron chi connectivity index (χ0n) is 17.8. The van der Waals surface area contributed by atoms with E-state index in [-0.39, 0.29) is 17.6 Å².